The second-order valence-corrected chi connectivity index (χ2v) is 3.56. The summed E-state index contributed by atoms with van der Waals surface area (Å²) in [6.45, 7) is 3.24. The molecule has 1 atom stereocenters. The lowest BCUT2D eigenvalue weighted by atomic mass is 10.2. The number of nitrogens with two attached hydrogens (primary N) is 1. The molecule has 2 heterocycles. The maximum Gasteiger partial charge on any atom is 0.150 e. The molecule has 0 amide bonds. The van der Waals surface area contributed by atoms with Crippen LogP contribution in [0.1, 0.15) is 18.3 Å². The standard InChI is InChI=1S/C8H15N5/c1-12-6-10-11-8(12)7(9)5-13-3-2-4-13/h6-7H,2-5,9H2,1H3. The Morgan fingerprint density at radius 3 is 2.85 bits per heavy atom. The molecule has 1 unspecified atom stereocenters. The van der Waals surface area contributed by atoms with Crippen LogP contribution in [0, 0.1) is 0 Å². The highest BCUT2D eigenvalue weighted by atomic mass is 15.3. The summed E-state index contributed by atoms with van der Waals surface area (Å²) in [6, 6.07) is -0.00667. The highest BCUT2D eigenvalue weighted by Gasteiger charge is 2.20. The first-order chi connectivity index (χ1) is 6.27. The lowest BCUT2D eigenvalue weighted by Gasteiger charge is -2.32. The Kier molecular flexibility index (Phi) is 2.28. The van der Waals surface area contributed by atoms with Crippen LogP contribution in [-0.4, -0.2) is 39.3 Å². The van der Waals surface area contributed by atoms with Gasteiger partial charge in [0.1, 0.15) is 6.33 Å². The fraction of sp³-hybridized carbons (Fsp3) is 0.750. The normalized spacial score (nSPS) is 19.8. The van der Waals surface area contributed by atoms with Crippen LogP contribution in [-0.2, 0) is 7.05 Å². The molecular formula is C8H15N5. The molecule has 1 saturated heterocycles. The Hall–Kier alpha value is -0.940. The molecule has 1 fully saturated rings. The van der Waals surface area contributed by atoms with Gasteiger partial charge in [-0.2, -0.15) is 0 Å². The molecular weight excluding hydrogens is 166 g/mol. The van der Waals surface area contributed by atoms with Crippen molar-refractivity contribution in [2.75, 3.05) is 19.6 Å². The van der Waals surface area contributed by atoms with Gasteiger partial charge in [-0.25, -0.2) is 0 Å². The van der Waals surface area contributed by atoms with Crippen LogP contribution in [0.25, 0.3) is 0 Å². The van der Waals surface area contributed by atoms with E-state index in [1.807, 2.05) is 11.6 Å². The van der Waals surface area contributed by atoms with Crippen LogP contribution in [0.3, 0.4) is 0 Å². The van der Waals surface area contributed by atoms with Crippen molar-refractivity contribution in [3.05, 3.63) is 12.2 Å². The van der Waals surface area contributed by atoms with Crippen LogP contribution in [0.4, 0.5) is 0 Å². The molecule has 2 N–H and O–H groups in total. The molecule has 5 heteroatoms. The minimum absolute atomic E-state index is 0.00667. The highest BCUT2D eigenvalue weighted by molar-refractivity contribution is 4.94. The molecule has 5 nitrogen and oxygen atoms in total. The Morgan fingerprint density at radius 2 is 2.38 bits per heavy atom. The second-order valence-electron chi connectivity index (χ2n) is 3.56. The van der Waals surface area contributed by atoms with Crippen molar-refractivity contribution in [3.63, 3.8) is 0 Å². The molecule has 2 rings (SSSR count). The van der Waals surface area contributed by atoms with E-state index in [0.29, 0.717) is 0 Å². The largest absolute Gasteiger partial charge is 0.320 e. The number of hydrogen-bond acceptors (Lipinski definition) is 4. The maximum absolute atomic E-state index is 5.99. The predicted molar refractivity (Wildman–Crippen MR) is 49.0 cm³/mol. The zero-order valence-electron chi connectivity index (χ0n) is 7.85. The number of aryl methyl sites for hydroxylation is 1. The molecule has 0 radical (unpaired) electrons. The molecule has 1 aromatic rings. The van der Waals surface area contributed by atoms with E-state index in [2.05, 4.69) is 15.1 Å². The van der Waals surface area contributed by atoms with Gasteiger partial charge in [-0.05, 0) is 19.5 Å². The van der Waals surface area contributed by atoms with Crippen molar-refractivity contribution in [2.24, 2.45) is 12.8 Å². The SMILES string of the molecule is Cn1cnnc1C(N)CN1CCC1. The van der Waals surface area contributed by atoms with Crippen molar-refractivity contribution in [1.82, 2.24) is 19.7 Å². The van der Waals surface area contributed by atoms with Crippen molar-refractivity contribution in [2.45, 2.75) is 12.5 Å². The first-order valence-corrected chi connectivity index (χ1v) is 4.59. The van der Waals surface area contributed by atoms with Gasteiger partial charge >= 0.3 is 0 Å². The van der Waals surface area contributed by atoms with Crippen LogP contribution >= 0.6 is 0 Å². The summed E-state index contributed by atoms with van der Waals surface area (Å²) < 4.78 is 1.88. The van der Waals surface area contributed by atoms with E-state index in [9.17, 15) is 0 Å². The molecule has 0 saturated carbocycles. The monoisotopic (exact) mass is 181 g/mol. The van der Waals surface area contributed by atoms with Crippen LogP contribution in [0.5, 0.6) is 0 Å². The van der Waals surface area contributed by atoms with Crippen molar-refractivity contribution < 1.29 is 0 Å². The number of nitrogens with zero attached hydrogens (tertiary/aromatic N) is 4. The minimum atomic E-state index is -0.00667. The summed E-state index contributed by atoms with van der Waals surface area (Å²) >= 11 is 0. The second kappa shape index (κ2) is 3.43. The van der Waals surface area contributed by atoms with E-state index in [4.69, 9.17) is 5.73 Å². The smallest absolute Gasteiger partial charge is 0.150 e. The summed E-state index contributed by atoms with van der Waals surface area (Å²) in [5, 5.41) is 7.80. The fourth-order valence-corrected chi connectivity index (χ4v) is 1.55. The van der Waals surface area contributed by atoms with Crippen LogP contribution in [0.2, 0.25) is 0 Å². The van der Waals surface area contributed by atoms with E-state index in [-0.39, 0.29) is 6.04 Å². The molecule has 0 bridgehead atoms. The van der Waals surface area contributed by atoms with Crippen molar-refractivity contribution in [1.29, 1.82) is 0 Å². The van der Waals surface area contributed by atoms with E-state index >= 15 is 0 Å². The third-order valence-corrected chi connectivity index (χ3v) is 2.48. The summed E-state index contributed by atoms with van der Waals surface area (Å²) in [6.07, 6.45) is 2.98. The summed E-state index contributed by atoms with van der Waals surface area (Å²) in [7, 11) is 1.92. The van der Waals surface area contributed by atoms with Crippen molar-refractivity contribution >= 4 is 0 Å². The predicted octanol–water partition coefficient (Wildman–Crippen LogP) is -0.479. The van der Waals surface area contributed by atoms with Gasteiger partial charge in [0.25, 0.3) is 0 Å². The summed E-state index contributed by atoms with van der Waals surface area (Å²) in [4.78, 5) is 2.33. The zero-order valence-corrected chi connectivity index (χ0v) is 7.85. The molecule has 0 aromatic carbocycles. The molecule has 1 aromatic heterocycles. The summed E-state index contributed by atoms with van der Waals surface area (Å²) in [5.74, 6) is 0.868. The molecule has 72 valence electrons. The number of rotatable bonds is 3. The Labute approximate surface area is 77.5 Å². The lowest BCUT2D eigenvalue weighted by molar-refractivity contribution is 0.168. The molecule has 13 heavy (non-hydrogen) atoms. The van der Waals surface area contributed by atoms with Gasteiger partial charge in [0, 0.05) is 13.6 Å². The number of hydrogen-bond donors (Lipinski definition) is 1. The molecule has 1 aliphatic rings. The Bertz CT molecular complexity index is 278. The Balaban J connectivity index is 1.96. The topological polar surface area (TPSA) is 60.0 Å². The van der Waals surface area contributed by atoms with Gasteiger partial charge in [-0.1, -0.05) is 0 Å². The third kappa shape index (κ3) is 1.71. The van der Waals surface area contributed by atoms with Gasteiger partial charge in [0.15, 0.2) is 5.82 Å². The first kappa shape index (κ1) is 8.65. The first-order valence-electron chi connectivity index (χ1n) is 4.59. The van der Waals surface area contributed by atoms with Crippen molar-refractivity contribution in [3.8, 4) is 0 Å². The van der Waals surface area contributed by atoms with Gasteiger partial charge in [-0.3, -0.25) is 0 Å². The maximum atomic E-state index is 5.99. The summed E-state index contributed by atoms with van der Waals surface area (Å²) in [5.41, 5.74) is 5.99. The highest BCUT2D eigenvalue weighted by Crippen LogP contribution is 2.12. The van der Waals surface area contributed by atoms with Gasteiger partial charge < -0.3 is 15.2 Å². The zero-order chi connectivity index (χ0) is 9.26. The average Bonchev–Trinajstić information content (AvgIpc) is 2.43. The fourth-order valence-electron chi connectivity index (χ4n) is 1.55. The molecule has 0 spiro atoms. The van der Waals surface area contributed by atoms with Gasteiger partial charge in [-0.15, -0.1) is 10.2 Å². The molecule has 0 aliphatic carbocycles. The lowest BCUT2D eigenvalue weighted by Crippen LogP contribution is -2.42. The van der Waals surface area contributed by atoms with E-state index < -0.39 is 0 Å². The Morgan fingerprint density at radius 1 is 1.62 bits per heavy atom. The number of likely N-dealkylation sites (tertiary alicyclic amines) is 1. The van der Waals surface area contributed by atoms with E-state index in [1.54, 1.807) is 6.33 Å². The average molecular weight is 181 g/mol. The van der Waals surface area contributed by atoms with Gasteiger partial charge in [0.05, 0.1) is 6.04 Å². The van der Waals surface area contributed by atoms with Crippen LogP contribution in [0.15, 0.2) is 6.33 Å². The van der Waals surface area contributed by atoms with E-state index in [1.165, 1.54) is 19.5 Å². The van der Waals surface area contributed by atoms with Crippen LogP contribution < -0.4 is 5.73 Å². The number of aromatic nitrogens is 3. The van der Waals surface area contributed by atoms with Gasteiger partial charge in [0.2, 0.25) is 0 Å². The van der Waals surface area contributed by atoms with E-state index in [0.717, 1.165) is 12.4 Å². The minimum Gasteiger partial charge on any atom is -0.320 e. The molecule has 1 aliphatic heterocycles. The third-order valence-electron chi connectivity index (χ3n) is 2.48. The quantitative estimate of drug-likeness (QED) is 0.684.